The lowest BCUT2D eigenvalue weighted by molar-refractivity contribution is -0.131. The van der Waals surface area contributed by atoms with E-state index >= 15 is 0 Å². The van der Waals surface area contributed by atoms with E-state index in [2.05, 4.69) is 5.32 Å². The lowest BCUT2D eigenvalue weighted by atomic mass is 10.1. The SMILES string of the molecule is CC(C)(C)NCC(=O)N(Cc1c(F)cccc1Cl)C1CC1. The molecule has 1 aromatic carbocycles. The molecule has 0 radical (unpaired) electrons. The van der Waals surface area contributed by atoms with E-state index in [0.29, 0.717) is 10.6 Å². The van der Waals surface area contributed by atoms with Gasteiger partial charge in [0.15, 0.2) is 0 Å². The van der Waals surface area contributed by atoms with Crippen molar-refractivity contribution in [3.05, 3.63) is 34.6 Å². The minimum atomic E-state index is -0.357. The van der Waals surface area contributed by atoms with Gasteiger partial charge in [0.1, 0.15) is 5.82 Å². The van der Waals surface area contributed by atoms with Crippen LogP contribution in [-0.4, -0.2) is 28.9 Å². The molecule has 21 heavy (non-hydrogen) atoms. The van der Waals surface area contributed by atoms with Crippen LogP contribution >= 0.6 is 11.6 Å². The van der Waals surface area contributed by atoms with Crippen molar-refractivity contribution in [2.75, 3.05) is 6.54 Å². The number of amides is 1. The molecule has 0 heterocycles. The molecule has 0 atom stereocenters. The Labute approximate surface area is 130 Å². The highest BCUT2D eigenvalue weighted by Crippen LogP contribution is 2.30. The molecule has 0 unspecified atom stereocenters. The van der Waals surface area contributed by atoms with Crippen molar-refractivity contribution in [2.24, 2.45) is 0 Å². The molecule has 1 aliphatic carbocycles. The van der Waals surface area contributed by atoms with Crippen LogP contribution in [0.3, 0.4) is 0 Å². The van der Waals surface area contributed by atoms with Gasteiger partial charge in [-0.15, -0.1) is 0 Å². The van der Waals surface area contributed by atoms with Gasteiger partial charge in [0.05, 0.1) is 13.1 Å². The van der Waals surface area contributed by atoms with Gasteiger partial charge in [0.2, 0.25) is 5.91 Å². The van der Waals surface area contributed by atoms with Crippen LogP contribution in [0, 0.1) is 5.82 Å². The van der Waals surface area contributed by atoms with Gasteiger partial charge >= 0.3 is 0 Å². The molecule has 0 aromatic heterocycles. The number of rotatable bonds is 5. The van der Waals surface area contributed by atoms with E-state index in [1.165, 1.54) is 6.07 Å². The van der Waals surface area contributed by atoms with Gasteiger partial charge in [-0.05, 0) is 45.7 Å². The Balaban J connectivity index is 2.08. The molecule has 0 saturated heterocycles. The number of carbonyl (C=O) groups excluding carboxylic acids is 1. The summed E-state index contributed by atoms with van der Waals surface area (Å²) in [6.45, 7) is 6.52. The average molecular weight is 313 g/mol. The van der Waals surface area contributed by atoms with Crippen molar-refractivity contribution >= 4 is 17.5 Å². The van der Waals surface area contributed by atoms with E-state index in [-0.39, 0.29) is 36.4 Å². The normalized spacial score (nSPS) is 15.1. The first kappa shape index (κ1) is 16.2. The summed E-state index contributed by atoms with van der Waals surface area (Å²) in [7, 11) is 0. The van der Waals surface area contributed by atoms with Gasteiger partial charge in [0.25, 0.3) is 0 Å². The van der Waals surface area contributed by atoms with Crippen LogP contribution in [0.5, 0.6) is 0 Å². The molecule has 0 spiro atoms. The van der Waals surface area contributed by atoms with Crippen LogP contribution in [0.1, 0.15) is 39.2 Å². The number of hydrogen-bond donors (Lipinski definition) is 1. The van der Waals surface area contributed by atoms with Crippen molar-refractivity contribution in [1.82, 2.24) is 10.2 Å². The van der Waals surface area contributed by atoms with E-state index in [0.717, 1.165) is 12.8 Å². The number of hydrogen-bond acceptors (Lipinski definition) is 2. The van der Waals surface area contributed by atoms with Crippen LogP contribution in [0.25, 0.3) is 0 Å². The van der Waals surface area contributed by atoms with Crippen molar-refractivity contribution in [2.45, 2.75) is 51.7 Å². The number of nitrogens with zero attached hydrogens (tertiary/aromatic N) is 1. The van der Waals surface area contributed by atoms with E-state index in [9.17, 15) is 9.18 Å². The standard InChI is InChI=1S/C16H22ClFN2O/c1-16(2,3)19-9-15(21)20(11-7-8-11)10-12-13(17)5-4-6-14(12)18/h4-6,11,19H,7-10H2,1-3H3. The Morgan fingerprint density at radius 3 is 2.62 bits per heavy atom. The van der Waals surface area contributed by atoms with E-state index in [4.69, 9.17) is 11.6 Å². The summed E-state index contributed by atoms with van der Waals surface area (Å²) in [6, 6.07) is 4.83. The fraction of sp³-hybridized carbons (Fsp3) is 0.562. The molecular weight excluding hydrogens is 291 g/mol. The summed E-state index contributed by atoms with van der Waals surface area (Å²) < 4.78 is 13.9. The Morgan fingerprint density at radius 2 is 2.10 bits per heavy atom. The molecule has 0 aliphatic heterocycles. The predicted octanol–water partition coefficient (Wildman–Crippen LogP) is 3.36. The number of halogens is 2. The molecule has 1 aliphatic rings. The summed E-state index contributed by atoms with van der Waals surface area (Å²) in [5.41, 5.74) is 0.274. The Morgan fingerprint density at radius 1 is 1.43 bits per heavy atom. The fourth-order valence-electron chi connectivity index (χ4n) is 2.10. The Bertz CT molecular complexity index is 503. The minimum absolute atomic E-state index is 0.00764. The van der Waals surface area contributed by atoms with Crippen molar-refractivity contribution in [3.8, 4) is 0 Å². The third-order valence-corrected chi connectivity index (χ3v) is 3.82. The molecule has 0 bridgehead atoms. The van der Waals surface area contributed by atoms with E-state index in [1.54, 1.807) is 17.0 Å². The van der Waals surface area contributed by atoms with Gasteiger partial charge in [-0.3, -0.25) is 4.79 Å². The van der Waals surface area contributed by atoms with Crippen LogP contribution in [0.4, 0.5) is 4.39 Å². The largest absolute Gasteiger partial charge is 0.334 e. The van der Waals surface area contributed by atoms with Gasteiger partial charge in [-0.1, -0.05) is 17.7 Å². The summed E-state index contributed by atoms with van der Waals surface area (Å²) in [5, 5.41) is 3.55. The second-order valence-electron chi connectivity index (χ2n) is 6.56. The summed E-state index contributed by atoms with van der Waals surface area (Å²) in [5.74, 6) is -0.364. The van der Waals surface area contributed by atoms with Gasteiger partial charge in [-0.25, -0.2) is 4.39 Å². The fourth-order valence-corrected chi connectivity index (χ4v) is 2.33. The third-order valence-electron chi connectivity index (χ3n) is 3.47. The lowest BCUT2D eigenvalue weighted by Crippen LogP contribution is -2.45. The average Bonchev–Trinajstić information content (AvgIpc) is 3.19. The number of carbonyl (C=O) groups is 1. The molecule has 5 heteroatoms. The summed E-state index contributed by atoms with van der Waals surface area (Å²) in [6.07, 6.45) is 1.96. The maximum absolute atomic E-state index is 13.9. The summed E-state index contributed by atoms with van der Waals surface area (Å²) in [4.78, 5) is 14.1. The molecule has 1 saturated carbocycles. The van der Waals surface area contributed by atoms with Crippen LogP contribution < -0.4 is 5.32 Å². The Kier molecular flexibility index (Phi) is 4.89. The third kappa shape index (κ3) is 4.68. The molecule has 1 amide bonds. The smallest absolute Gasteiger partial charge is 0.237 e. The second-order valence-corrected chi connectivity index (χ2v) is 6.96. The maximum Gasteiger partial charge on any atom is 0.237 e. The molecular formula is C16H22ClFN2O. The summed E-state index contributed by atoms with van der Waals surface area (Å²) >= 11 is 6.06. The van der Waals surface area contributed by atoms with Crippen LogP contribution in [0.2, 0.25) is 5.02 Å². The molecule has 116 valence electrons. The first-order valence-corrected chi connectivity index (χ1v) is 7.63. The molecule has 1 N–H and O–H groups in total. The molecule has 1 aromatic rings. The molecule has 1 fully saturated rings. The highest BCUT2D eigenvalue weighted by molar-refractivity contribution is 6.31. The van der Waals surface area contributed by atoms with Crippen molar-refractivity contribution < 1.29 is 9.18 Å². The zero-order chi connectivity index (χ0) is 15.6. The first-order chi connectivity index (χ1) is 9.78. The van der Waals surface area contributed by atoms with Gasteiger partial charge in [-0.2, -0.15) is 0 Å². The van der Waals surface area contributed by atoms with E-state index < -0.39 is 0 Å². The quantitative estimate of drug-likeness (QED) is 0.904. The van der Waals surface area contributed by atoms with Gasteiger partial charge in [0, 0.05) is 22.2 Å². The molecule has 3 nitrogen and oxygen atoms in total. The van der Waals surface area contributed by atoms with Gasteiger partial charge < -0.3 is 10.2 Å². The predicted molar refractivity (Wildman–Crippen MR) is 82.7 cm³/mol. The van der Waals surface area contributed by atoms with Crippen molar-refractivity contribution in [1.29, 1.82) is 0 Å². The minimum Gasteiger partial charge on any atom is -0.334 e. The number of benzene rings is 1. The van der Waals surface area contributed by atoms with Crippen molar-refractivity contribution in [3.63, 3.8) is 0 Å². The second kappa shape index (κ2) is 6.32. The lowest BCUT2D eigenvalue weighted by Gasteiger charge is -2.26. The van der Waals surface area contributed by atoms with E-state index in [1.807, 2.05) is 20.8 Å². The topological polar surface area (TPSA) is 32.3 Å². The Hall–Kier alpha value is -1.13. The highest BCUT2D eigenvalue weighted by atomic mass is 35.5. The zero-order valence-corrected chi connectivity index (χ0v) is 13.5. The monoisotopic (exact) mass is 312 g/mol. The zero-order valence-electron chi connectivity index (χ0n) is 12.7. The maximum atomic E-state index is 13.9. The number of nitrogens with one attached hydrogen (secondary N) is 1. The first-order valence-electron chi connectivity index (χ1n) is 7.25. The highest BCUT2D eigenvalue weighted by Gasteiger charge is 2.33. The van der Waals surface area contributed by atoms with Crippen LogP contribution in [0.15, 0.2) is 18.2 Å². The van der Waals surface area contributed by atoms with Crippen LogP contribution in [-0.2, 0) is 11.3 Å². The molecule has 2 rings (SSSR count).